The van der Waals surface area contributed by atoms with Crippen molar-refractivity contribution in [3.63, 3.8) is 0 Å². The number of nitrogens with zero attached hydrogens (tertiary/aromatic N) is 3. The maximum absolute atomic E-state index is 14.0. The Kier molecular flexibility index (Phi) is 9.29. The highest BCUT2D eigenvalue weighted by atomic mass is 79.9. The zero-order valence-corrected chi connectivity index (χ0v) is 27.9. The molecule has 3 aromatic carbocycles. The van der Waals surface area contributed by atoms with Crippen LogP contribution in [0.5, 0.6) is 11.5 Å². The summed E-state index contributed by atoms with van der Waals surface area (Å²) in [5.74, 6) is 2.27. The third kappa shape index (κ3) is 6.23. The number of ether oxygens (including phenoxy) is 2. The van der Waals surface area contributed by atoms with Gasteiger partial charge in [-0.3, -0.25) is 4.79 Å². The summed E-state index contributed by atoms with van der Waals surface area (Å²) in [7, 11) is 1.60. The standard InChI is InChI=1S/C31H31Br2N5O3S/c1-6-42-31-36-30-34-19(4)26(29(39)35-24-12-7-9-17(2)18(24)3)27(38(30)37-31)21-14-23(33)28(25(15-21)40-5)41-16-20-10-8-11-22(32)13-20/h7-15,27H,6,16H2,1-5H3,(H,35,39)(H,34,36,37). The molecule has 0 aliphatic carbocycles. The van der Waals surface area contributed by atoms with E-state index >= 15 is 0 Å². The highest BCUT2D eigenvalue weighted by Crippen LogP contribution is 2.43. The first-order valence-electron chi connectivity index (χ1n) is 13.4. The zero-order chi connectivity index (χ0) is 30.0. The van der Waals surface area contributed by atoms with Gasteiger partial charge in [0.05, 0.1) is 17.2 Å². The second-order valence-electron chi connectivity index (χ2n) is 9.82. The van der Waals surface area contributed by atoms with E-state index in [0.717, 1.165) is 38.2 Å². The van der Waals surface area contributed by atoms with Gasteiger partial charge in [0, 0.05) is 15.9 Å². The van der Waals surface area contributed by atoms with Crippen molar-refractivity contribution in [3.8, 4) is 11.5 Å². The molecule has 1 unspecified atom stereocenters. The lowest BCUT2D eigenvalue weighted by Crippen LogP contribution is -2.31. The molecule has 1 aromatic heterocycles. The summed E-state index contributed by atoms with van der Waals surface area (Å²) in [5, 5.41) is 11.9. The molecule has 8 nitrogen and oxygen atoms in total. The minimum Gasteiger partial charge on any atom is -0.493 e. The van der Waals surface area contributed by atoms with Crippen molar-refractivity contribution >= 4 is 61.2 Å². The number of hydrogen-bond donors (Lipinski definition) is 2. The molecule has 0 spiro atoms. The number of allylic oxidation sites excluding steroid dienone is 1. The molecule has 0 saturated heterocycles. The van der Waals surface area contributed by atoms with Crippen molar-refractivity contribution < 1.29 is 14.3 Å². The molecule has 1 aliphatic rings. The van der Waals surface area contributed by atoms with Crippen LogP contribution in [0, 0.1) is 13.8 Å². The Bertz CT molecular complexity index is 1690. The summed E-state index contributed by atoms with van der Waals surface area (Å²) in [6, 6.07) is 17.1. The summed E-state index contributed by atoms with van der Waals surface area (Å²) in [6.07, 6.45) is 0. The first-order valence-corrected chi connectivity index (χ1v) is 16.0. The number of methoxy groups -OCH3 is 1. The van der Waals surface area contributed by atoms with Crippen LogP contribution in [-0.4, -0.2) is 33.5 Å². The lowest BCUT2D eigenvalue weighted by Gasteiger charge is -2.29. The van der Waals surface area contributed by atoms with Gasteiger partial charge in [0.2, 0.25) is 11.1 Å². The molecule has 0 radical (unpaired) electrons. The number of anilines is 2. The number of halogens is 2. The van der Waals surface area contributed by atoms with Gasteiger partial charge in [0.25, 0.3) is 5.91 Å². The number of rotatable bonds is 9. The van der Waals surface area contributed by atoms with Gasteiger partial charge in [0.15, 0.2) is 11.5 Å². The molecule has 11 heteroatoms. The maximum Gasteiger partial charge on any atom is 0.255 e. The molecule has 0 saturated carbocycles. The summed E-state index contributed by atoms with van der Waals surface area (Å²) in [4.78, 5) is 18.7. The van der Waals surface area contributed by atoms with E-state index in [0.29, 0.717) is 45.0 Å². The van der Waals surface area contributed by atoms with Crippen molar-refractivity contribution in [1.82, 2.24) is 14.8 Å². The van der Waals surface area contributed by atoms with Gasteiger partial charge in [0.1, 0.15) is 12.6 Å². The predicted molar refractivity (Wildman–Crippen MR) is 175 cm³/mol. The predicted octanol–water partition coefficient (Wildman–Crippen LogP) is 8.05. The van der Waals surface area contributed by atoms with E-state index in [2.05, 4.69) is 54.4 Å². The van der Waals surface area contributed by atoms with Gasteiger partial charge >= 0.3 is 0 Å². The SMILES string of the molecule is CCSc1nc2n(n1)C(c1cc(Br)c(OCc3cccc(Br)c3)c(OC)c1)C(C(=O)Nc1cccc(C)c1C)=C(C)N2. The quantitative estimate of drug-likeness (QED) is 0.170. The van der Waals surface area contributed by atoms with Crippen molar-refractivity contribution in [1.29, 1.82) is 0 Å². The monoisotopic (exact) mass is 711 g/mol. The topological polar surface area (TPSA) is 90.3 Å². The first-order chi connectivity index (χ1) is 20.2. The Balaban J connectivity index is 1.56. The van der Waals surface area contributed by atoms with Gasteiger partial charge in [-0.25, -0.2) is 4.68 Å². The number of amides is 1. The van der Waals surface area contributed by atoms with Crippen LogP contribution < -0.4 is 20.1 Å². The fourth-order valence-corrected chi connectivity index (χ4v) is 6.40. The molecule has 2 heterocycles. The fraction of sp³-hybridized carbons (Fsp3) is 0.258. The molecule has 1 aliphatic heterocycles. The molecular weight excluding hydrogens is 682 g/mol. The smallest absolute Gasteiger partial charge is 0.255 e. The third-order valence-corrected chi connectivity index (χ3v) is 8.85. The van der Waals surface area contributed by atoms with E-state index in [1.54, 1.807) is 23.6 Å². The van der Waals surface area contributed by atoms with Gasteiger partial charge in [-0.2, -0.15) is 4.98 Å². The highest BCUT2D eigenvalue weighted by Gasteiger charge is 2.35. The molecule has 1 atom stereocenters. The van der Waals surface area contributed by atoms with Gasteiger partial charge in [-0.1, -0.05) is 58.9 Å². The molecule has 2 N–H and O–H groups in total. The van der Waals surface area contributed by atoms with Gasteiger partial charge in [-0.05, 0) is 95.0 Å². The summed E-state index contributed by atoms with van der Waals surface area (Å²) in [5.41, 5.74) is 5.91. The minimum absolute atomic E-state index is 0.227. The first kappa shape index (κ1) is 30.2. The van der Waals surface area contributed by atoms with Crippen molar-refractivity contribution in [2.45, 2.75) is 45.5 Å². The second kappa shape index (κ2) is 12.9. The van der Waals surface area contributed by atoms with Crippen molar-refractivity contribution in [2.24, 2.45) is 0 Å². The number of aryl methyl sites for hydroxylation is 1. The molecule has 1 amide bonds. The largest absolute Gasteiger partial charge is 0.493 e. The number of fused-ring (bicyclic) bond motifs is 1. The summed E-state index contributed by atoms with van der Waals surface area (Å²) in [6.45, 7) is 8.32. The number of aromatic nitrogens is 3. The number of carbonyl (C=O) groups is 1. The average molecular weight is 713 g/mol. The van der Waals surface area contributed by atoms with E-state index in [-0.39, 0.29) is 5.91 Å². The Labute approximate surface area is 266 Å². The van der Waals surface area contributed by atoms with E-state index in [4.69, 9.17) is 14.6 Å². The van der Waals surface area contributed by atoms with Crippen LogP contribution in [0.25, 0.3) is 0 Å². The zero-order valence-electron chi connectivity index (χ0n) is 23.9. The minimum atomic E-state index is -0.575. The lowest BCUT2D eigenvalue weighted by atomic mass is 9.94. The Morgan fingerprint density at radius 2 is 1.90 bits per heavy atom. The molecule has 0 fully saturated rings. The van der Waals surface area contributed by atoms with Crippen LogP contribution >= 0.6 is 43.6 Å². The van der Waals surface area contributed by atoms with Crippen molar-refractivity contribution in [2.75, 3.05) is 23.5 Å². The van der Waals surface area contributed by atoms with E-state index in [1.165, 1.54) is 0 Å². The molecule has 218 valence electrons. The van der Waals surface area contributed by atoms with E-state index < -0.39 is 6.04 Å². The fourth-order valence-electron chi connectivity index (χ4n) is 4.82. The van der Waals surface area contributed by atoms with E-state index in [9.17, 15) is 4.79 Å². The maximum atomic E-state index is 14.0. The molecule has 42 heavy (non-hydrogen) atoms. The van der Waals surface area contributed by atoms with Crippen LogP contribution in [0.2, 0.25) is 0 Å². The molecule has 5 rings (SSSR count). The molecule has 0 bridgehead atoms. The highest BCUT2D eigenvalue weighted by molar-refractivity contribution is 9.10. The number of thioether (sulfide) groups is 1. The lowest BCUT2D eigenvalue weighted by molar-refractivity contribution is -0.113. The normalized spacial score (nSPS) is 14.3. The average Bonchev–Trinajstić information content (AvgIpc) is 3.35. The van der Waals surface area contributed by atoms with Crippen LogP contribution in [-0.2, 0) is 11.4 Å². The van der Waals surface area contributed by atoms with E-state index in [1.807, 2.05) is 75.4 Å². The molecular formula is C31H31Br2N5O3S. The number of benzene rings is 3. The van der Waals surface area contributed by atoms with Crippen molar-refractivity contribution in [3.05, 3.63) is 97.1 Å². The Hall–Kier alpha value is -3.28. The molecule has 4 aromatic rings. The summed E-state index contributed by atoms with van der Waals surface area (Å²) >= 11 is 8.77. The van der Waals surface area contributed by atoms with Gasteiger partial charge < -0.3 is 20.1 Å². The number of carbonyl (C=O) groups excluding carboxylic acids is 1. The van der Waals surface area contributed by atoms with Crippen LogP contribution in [0.1, 0.15) is 42.1 Å². The second-order valence-corrected chi connectivity index (χ2v) is 12.8. The number of nitrogens with one attached hydrogen (secondary N) is 2. The van der Waals surface area contributed by atoms with Crippen LogP contribution in [0.15, 0.2) is 80.0 Å². The Morgan fingerprint density at radius 1 is 1.12 bits per heavy atom. The van der Waals surface area contributed by atoms with Crippen LogP contribution in [0.3, 0.4) is 0 Å². The van der Waals surface area contributed by atoms with Crippen LogP contribution in [0.4, 0.5) is 11.6 Å². The summed E-state index contributed by atoms with van der Waals surface area (Å²) < 4.78 is 15.5. The Morgan fingerprint density at radius 3 is 2.64 bits per heavy atom. The van der Waals surface area contributed by atoms with Gasteiger partial charge in [-0.15, -0.1) is 5.10 Å². The number of hydrogen-bond acceptors (Lipinski definition) is 7. The third-order valence-electron chi connectivity index (χ3n) is 7.04.